The summed E-state index contributed by atoms with van der Waals surface area (Å²) in [7, 11) is 0. The molecule has 2 aliphatic heterocycles. The second-order valence-corrected chi connectivity index (χ2v) is 3.08. The summed E-state index contributed by atoms with van der Waals surface area (Å²) in [6, 6.07) is 0.272. The van der Waals surface area contributed by atoms with Crippen LogP contribution in [0.5, 0.6) is 0 Å². The summed E-state index contributed by atoms with van der Waals surface area (Å²) < 4.78 is 0. The maximum Gasteiger partial charge on any atom is 0.322 e. The van der Waals surface area contributed by atoms with E-state index in [0.717, 1.165) is 13.0 Å². The highest BCUT2D eigenvalue weighted by Crippen LogP contribution is 2.36. The number of hydrogen-bond acceptors (Lipinski definition) is 2. The molecule has 0 aliphatic carbocycles. The van der Waals surface area contributed by atoms with Crippen molar-refractivity contribution in [1.82, 2.24) is 4.90 Å². The van der Waals surface area contributed by atoms with E-state index in [1.165, 1.54) is 12.8 Å². The molecule has 2 fully saturated rings. The first kappa shape index (κ1) is 6.16. The molecule has 0 aromatic heterocycles. The Morgan fingerprint density at radius 1 is 1.50 bits per heavy atom. The molecule has 3 atom stereocenters. The Kier molecular flexibility index (Phi) is 1.20. The molecule has 0 aromatic rings. The number of nitrogens with zero attached hydrogens (tertiary/aromatic N) is 1. The first-order chi connectivity index (χ1) is 4.80. The molecule has 0 saturated carbocycles. The lowest BCUT2D eigenvalue weighted by atomic mass is 10.1. The molecule has 2 rings (SSSR count). The van der Waals surface area contributed by atoms with Crippen molar-refractivity contribution in [3.63, 3.8) is 0 Å². The zero-order chi connectivity index (χ0) is 7.14. The van der Waals surface area contributed by atoms with E-state index in [1.807, 2.05) is 0 Å². The first-order valence-electron chi connectivity index (χ1n) is 3.79. The fourth-order valence-electron chi connectivity index (χ4n) is 1.91. The summed E-state index contributed by atoms with van der Waals surface area (Å²) >= 11 is 0. The normalized spacial score (nSPS) is 44.2. The molecule has 2 aliphatic rings. The van der Waals surface area contributed by atoms with Crippen LogP contribution >= 0.6 is 0 Å². The fourth-order valence-corrected chi connectivity index (χ4v) is 1.91. The van der Waals surface area contributed by atoms with Gasteiger partial charge in [0, 0.05) is 6.04 Å². The van der Waals surface area contributed by atoms with Gasteiger partial charge in [-0.05, 0) is 19.4 Å². The summed E-state index contributed by atoms with van der Waals surface area (Å²) in [6.45, 7) is 1.00. The minimum Gasteiger partial charge on any atom is -0.480 e. The monoisotopic (exact) mass is 141 g/mol. The highest BCUT2D eigenvalue weighted by Gasteiger charge is 2.52. The van der Waals surface area contributed by atoms with E-state index in [-0.39, 0.29) is 6.04 Å². The van der Waals surface area contributed by atoms with E-state index >= 15 is 0 Å². The van der Waals surface area contributed by atoms with Crippen LogP contribution in [0.1, 0.15) is 19.3 Å². The SMILES string of the molecule is O=C(O)C1C2CCCCN21. The Hall–Kier alpha value is -0.570. The second-order valence-electron chi connectivity index (χ2n) is 3.08. The quantitative estimate of drug-likeness (QED) is 0.534. The van der Waals surface area contributed by atoms with Gasteiger partial charge in [-0.15, -0.1) is 0 Å². The molecule has 3 unspecified atom stereocenters. The standard InChI is InChI=1S/C7H11NO2/c9-7(10)6-5-3-1-2-4-8(5)6/h5-6H,1-4H2,(H,9,10). The van der Waals surface area contributed by atoms with E-state index in [9.17, 15) is 4.79 Å². The number of rotatable bonds is 1. The van der Waals surface area contributed by atoms with Crippen LogP contribution in [-0.2, 0) is 4.79 Å². The number of carbonyl (C=O) groups is 1. The number of piperidine rings is 1. The molecule has 1 N–H and O–H groups in total. The van der Waals surface area contributed by atoms with Crippen LogP contribution in [-0.4, -0.2) is 34.6 Å². The van der Waals surface area contributed by atoms with Gasteiger partial charge in [-0.2, -0.15) is 0 Å². The van der Waals surface area contributed by atoms with Crippen LogP contribution in [0.3, 0.4) is 0 Å². The first-order valence-corrected chi connectivity index (χ1v) is 3.79. The molecular weight excluding hydrogens is 130 g/mol. The highest BCUT2D eigenvalue weighted by atomic mass is 16.4. The molecule has 0 bridgehead atoms. The van der Waals surface area contributed by atoms with E-state index < -0.39 is 5.97 Å². The number of carboxylic acid groups (broad SMARTS) is 1. The Bertz CT molecular complexity index is 157. The zero-order valence-electron chi connectivity index (χ0n) is 5.79. The third-order valence-electron chi connectivity index (χ3n) is 2.48. The van der Waals surface area contributed by atoms with Gasteiger partial charge in [0.25, 0.3) is 0 Å². The summed E-state index contributed by atoms with van der Waals surface area (Å²) in [5.41, 5.74) is 0. The Labute approximate surface area is 59.6 Å². The van der Waals surface area contributed by atoms with Crippen molar-refractivity contribution < 1.29 is 9.90 Å². The molecule has 56 valence electrons. The number of hydrogen-bond donors (Lipinski definition) is 1. The fraction of sp³-hybridized carbons (Fsp3) is 0.857. The molecule has 0 amide bonds. The minimum absolute atomic E-state index is 0.123. The van der Waals surface area contributed by atoms with Crippen LogP contribution in [0.2, 0.25) is 0 Å². The van der Waals surface area contributed by atoms with Gasteiger partial charge in [-0.25, -0.2) is 0 Å². The van der Waals surface area contributed by atoms with Crippen molar-refractivity contribution in [3.8, 4) is 0 Å². The van der Waals surface area contributed by atoms with Gasteiger partial charge in [0.2, 0.25) is 0 Å². The Morgan fingerprint density at radius 3 is 2.80 bits per heavy atom. The smallest absolute Gasteiger partial charge is 0.322 e. The molecule has 3 nitrogen and oxygen atoms in total. The van der Waals surface area contributed by atoms with Crippen LogP contribution in [0.4, 0.5) is 0 Å². The number of aliphatic carboxylic acids is 1. The highest BCUT2D eigenvalue weighted by molar-refractivity contribution is 5.78. The summed E-state index contributed by atoms with van der Waals surface area (Å²) in [4.78, 5) is 12.6. The Morgan fingerprint density at radius 2 is 2.30 bits per heavy atom. The molecule has 10 heavy (non-hydrogen) atoms. The van der Waals surface area contributed by atoms with E-state index in [0.29, 0.717) is 6.04 Å². The van der Waals surface area contributed by atoms with Gasteiger partial charge in [0.1, 0.15) is 6.04 Å². The molecule has 2 heterocycles. The predicted molar refractivity (Wildman–Crippen MR) is 35.8 cm³/mol. The van der Waals surface area contributed by atoms with Crippen molar-refractivity contribution in [3.05, 3.63) is 0 Å². The van der Waals surface area contributed by atoms with E-state index in [1.54, 1.807) is 0 Å². The number of fused-ring (bicyclic) bond motifs is 1. The lowest BCUT2D eigenvalue weighted by molar-refractivity contribution is -0.137. The lowest BCUT2D eigenvalue weighted by Gasteiger charge is -2.07. The van der Waals surface area contributed by atoms with Gasteiger partial charge in [-0.1, -0.05) is 6.42 Å². The van der Waals surface area contributed by atoms with Gasteiger partial charge < -0.3 is 5.11 Å². The van der Waals surface area contributed by atoms with Gasteiger partial charge >= 0.3 is 5.97 Å². The van der Waals surface area contributed by atoms with Crippen LogP contribution in [0, 0.1) is 0 Å². The maximum atomic E-state index is 10.5. The van der Waals surface area contributed by atoms with Crippen LogP contribution in [0.25, 0.3) is 0 Å². The van der Waals surface area contributed by atoms with Gasteiger partial charge in [0.05, 0.1) is 0 Å². The predicted octanol–water partition coefficient (Wildman–Crippen LogP) is 0.308. The van der Waals surface area contributed by atoms with Gasteiger partial charge in [-0.3, -0.25) is 9.69 Å². The Balaban J connectivity index is 1.99. The third kappa shape index (κ3) is 0.736. The van der Waals surface area contributed by atoms with E-state index in [4.69, 9.17) is 5.11 Å². The van der Waals surface area contributed by atoms with Crippen LogP contribution in [0.15, 0.2) is 0 Å². The third-order valence-corrected chi connectivity index (χ3v) is 2.48. The molecule has 2 saturated heterocycles. The average Bonchev–Trinajstić information content (AvgIpc) is 2.60. The molecular formula is C7H11NO2. The van der Waals surface area contributed by atoms with Crippen molar-refractivity contribution in [2.24, 2.45) is 0 Å². The average molecular weight is 141 g/mol. The van der Waals surface area contributed by atoms with Crippen LogP contribution < -0.4 is 0 Å². The van der Waals surface area contributed by atoms with Crippen molar-refractivity contribution in [2.75, 3.05) is 6.54 Å². The topological polar surface area (TPSA) is 40.3 Å². The molecule has 0 aromatic carbocycles. The largest absolute Gasteiger partial charge is 0.480 e. The summed E-state index contributed by atoms with van der Waals surface area (Å²) in [6.07, 6.45) is 3.49. The van der Waals surface area contributed by atoms with E-state index in [2.05, 4.69) is 4.90 Å². The zero-order valence-corrected chi connectivity index (χ0v) is 5.79. The van der Waals surface area contributed by atoms with Crippen molar-refractivity contribution in [1.29, 1.82) is 0 Å². The second kappa shape index (κ2) is 1.95. The summed E-state index contributed by atoms with van der Waals surface area (Å²) in [5.74, 6) is -0.632. The van der Waals surface area contributed by atoms with Crippen molar-refractivity contribution >= 4 is 5.97 Å². The summed E-state index contributed by atoms with van der Waals surface area (Å²) in [5, 5.41) is 8.64. The van der Waals surface area contributed by atoms with Gasteiger partial charge in [0.15, 0.2) is 0 Å². The molecule has 3 heteroatoms. The maximum absolute atomic E-state index is 10.5. The minimum atomic E-state index is -0.632. The lowest BCUT2D eigenvalue weighted by Crippen LogP contribution is -2.12. The van der Waals surface area contributed by atoms with Crippen molar-refractivity contribution in [2.45, 2.75) is 31.3 Å². The number of carboxylic acids is 1. The molecule has 0 spiro atoms. The molecule has 0 radical (unpaired) electrons.